The summed E-state index contributed by atoms with van der Waals surface area (Å²) in [6.07, 6.45) is 1.93. The lowest BCUT2D eigenvalue weighted by Crippen LogP contribution is -1.82. The van der Waals surface area contributed by atoms with E-state index in [0.29, 0.717) is 0 Å². The maximum atomic E-state index is 4.27. The van der Waals surface area contributed by atoms with Gasteiger partial charge in [-0.05, 0) is 24.6 Å². The van der Waals surface area contributed by atoms with Crippen molar-refractivity contribution in [1.82, 2.24) is 4.98 Å². The van der Waals surface area contributed by atoms with E-state index in [1.54, 1.807) is 0 Å². The van der Waals surface area contributed by atoms with Crippen molar-refractivity contribution >= 4 is 24.2 Å². The van der Waals surface area contributed by atoms with Gasteiger partial charge in [-0.2, -0.15) is 0 Å². The number of thioether (sulfide) groups is 1. The molecule has 0 radical (unpaired) electrons. The fourth-order valence-electron chi connectivity index (χ4n) is 1.28. The summed E-state index contributed by atoms with van der Waals surface area (Å²) >= 11 is 1.82. The van der Waals surface area contributed by atoms with Crippen molar-refractivity contribution in [2.75, 3.05) is 0 Å². The van der Waals surface area contributed by atoms with E-state index in [0.717, 1.165) is 11.4 Å². The third-order valence-corrected chi connectivity index (χ3v) is 3.19. The molecule has 2 aromatic rings. The topological polar surface area (TPSA) is 12.9 Å². The van der Waals surface area contributed by atoms with Gasteiger partial charge >= 0.3 is 0 Å². The quantitative estimate of drug-likeness (QED) is 0.762. The predicted octanol–water partition coefficient (Wildman–Crippen LogP) is 4.10. The van der Waals surface area contributed by atoms with Crippen LogP contribution in [-0.2, 0) is 5.75 Å². The van der Waals surface area contributed by atoms with Crippen LogP contribution in [0.1, 0.15) is 11.3 Å². The maximum absolute atomic E-state index is 4.27. The zero-order chi connectivity index (χ0) is 10.5. The Morgan fingerprint density at radius 3 is 2.44 bits per heavy atom. The molecule has 0 atom stereocenters. The first-order valence-electron chi connectivity index (χ1n) is 4.94. The minimum Gasteiger partial charge on any atom is -0.260 e. The van der Waals surface area contributed by atoms with E-state index >= 15 is 0 Å². The van der Waals surface area contributed by atoms with Crippen LogP contribution in [0.3, 0.4) is 0 Å². The molecule has 0 amide bonds. The van der Waals surface area contributed by atoms with Crippen molar-refractivity contribution in [3.63, 3.8) is 0 Å². The third-order valence-electron chi connectivity index (χ3n) is 2.13. The first kappa shape index (κ1) is 13.1. The van der Waals surface area contributed by atoms with Crippen LogP contribution in [0.4, 0.5) is 0 Å². The average molecular weight is 252 g/mol. The Morgan fingerprint density at radius 1 is 1.06 bits per heavy atom. The minimum atomic E-state index is 0. The molecule has 1 aromatic carbocycles. The van der Waals surface area contributed by atoms with E-state index in [1.165, 1.54) is 10.5 Å². The molecular weight excluding hydrogens is 238 g/mol. The Labute approximate surface area is 107 Å². The fraction of sp³-hybridized carbons (Fsp3) is 0.154. The van der Waals surface area contributed by atoms with E-state index in [2.05, 4.69) is 35.3 Å². The SMILES string of the molecule is Cc1ccc(SCc2ccccc2)cn1.Cl. The van der Waals surface area contributed by atoms with E-state index in [9.17, 15) is 0 Å². The lowest BCUT2D eigenvalue weighted by atomic mass is 10.2. The number of halogens is 1. The molecule has 2 rings (SSSR count). The normalized spacial score (nSPS) is 9.56. The first-order chi connectivity index (χ1) is 7.34. The zero-order valence-corrected chi connectivity index (χ0v) is 10.7. The summed E-state index contributed by atoms with van der Waals surface area (Å²) in [7, 11) is 0. The number of hydrogen-bond acceptors (Lipinski definition) is 2. The second-order valence-corrected chi connectivity index (χ2v) is 4.46. The van der Waals surface area contributed by atoms with Crippen LogP contribution in [0.25, 0.3) is 0 Å². The summed E-state index contributed by atoms with van der Waals surface area (Å²) < 4.78 is 0. The Bertz CT molecular complexity index is 414. The van der Waals surface area contributed by atoms with Crippen LogP contribution in [0, 0.1) is 6.92 Å². The van der Waals surface area contributed by atoms with Crippen molar-refractivity contribution < 1.29 is 0 Å². The molecule has 0 N–H and O–H groups in total. The van der Waals surface area contributed by atoms with Gasteiger partial charge in [0.2, 0.25) is 0 Å². The lowest BCUT2D eigenvalue weighted by Gasteiger charge is -2.01. The summed E-state index contributed by atoms with van der Waals surface area (Å²) in [6.45, 7) is 2.01. The van der Waals surface area contributed by atoms with Crippen LogP contribution >= 0.6 is 24.2 Å². The Hall–Kier alpha value is -0.990. The van der Waals surface area contributed by atoms with E-state index in [4.69, 9.17) is 0 Å². The smallest absolute Gasteiger partial charge is 0.0407 e. The van der Waals surface area contributed by atoms with Gasteiger partial charge in [-0.25, -0.2) is 0 Å². The Balaban J connectivity index is 0.00000128. The summed E-state index contributed by atoms with van der Waals surface area (Å²) in [5, 5.41) is 0. The monoisotopic (exact) mass is 251 g/mol. The molecule has 3 heteroatoms. The first-order valence-corrected chi connectivity index (χ1v) is 5.92. The van der Waals surface area contributed by atoms with Gasteiger partial charge < -0.3 is 0 Å². The zero-order valence-electron chi connectivity index (χ0n) is 9.09. The van der Waals surface area contributed by atoms with Gasteiger partial charge in [-0.1, -0.05) is 30.3 Å². The number of nitrogens with zero attached hydrogens (tertiary/aromatic N) is 1. The molecule has 0 saturated carbocycles. The molecule has 84 valence electrons. The highest BCUT2D eigenvalue weighted by atomic mass is 35.5. The summed E-state index contributed by atoms with van der Waals surface area (Å²) in [5.74, 6) is 1.01. The van der Waals surface area contributed by atoms with E-state index < -0.39 is 0 Å². The number of benzene rings is 1. The van der Waals surface area contributed by atoms with Crippen LogP contribution in [0.2, 0.25) is 0 Å². The number of rotatable bonds is 3. The van der Waals surface area contributed by atoms with Gasteiger partial charge in [0.1, 0.15) is 0 Å². The molecule has 16 heavy (non-hydrogen) atoms. The number of pyridine rings is 1. The Kier molecular flexibility index (Phi) is 5.36. The minimum absolute atomic E-state index is 0. The molecule has 0 aliphatic rings. The molecule has 0 aliphatic carbocycles. The van der Waals surface area contributed by atoms with Gasteiger partial charge in [0.05, 0.1) is 0 Å². The second kappa shape index (κ2) is 6.56. The van der Waals surface area contributed by atoms with Crippen molar-refractivity contribution in [3.8, 4) is 0 Å². The van der Waals surface area contributed by atoms with Crippen LogP contribution in [0.15, 0.2) is 53.6 Å². The van der Waals surface area contributed by atoms with Gasteiger partial charge in [0, 0.05) is 22.5 Å². The summed E-state index contributed by atoms with van der Waals surface area (Å²) in [4.78, 5) is 5.50. The van der Waals surface area contributed by atoms with Crippen LogP contribution < -0.4 is 0 Å². The average Bonchev–Trinajstić information content (AvgIpc) is 2.30. The predicted molar refractivity (Wildman–Crippen MR) is 72.2 cm³/mol. The van der Waals surface area contributed by atoms with Gasteiger partial charge in [0.15, 0.2) is 0 Å². The highest BCUT2D eigenvalue weighted by molar-refractivity contribution is 7.98. The maximum Gasteiger partial charge on any atom is 0.0407 e. The lowest BCUT2D eigenvalue weighted by molar-refractivity contribution is 1.15. The summed E-state index contributed by atoms with van der Waals surface area (Å²) in [6, 6.07) is 14.7. The molecular formula is C13H14ClNS. The third kappa shape index (κ3) is 3.87. The molecule has 0 unspecified atom stereocenters. The van der Waals surface area contributed by atoms with Crippen molar-refractivity contribution in [2.24, 2.45) is 0 Å². The van der Waals surface area contributed by atoms with E-state index in [-0.39, 0.29) is 12.4 Å². The molecule has 1 heterocycles. The standard InChI is InChI=1S/C13H13NS.ClH/c1-11-7-8-13(9-14-11)15-10-12-5-3-2-4-6-12;/h2-9H,10H2,1H3;1H. The molecule has 0 bridgehead atoms. The Morgan fingerprint density at radius 2 is 1.81 bits per heavy atom. The molecule has 0 spiro atoms. The van der Waals surface area contributed by atoms with Crippen molar-refractivity contribution in [2.45, 2.75) is 17.6 Å². The highest BCUT2D eigenvalue weighted by Crippen LogP contribution is 2.21. The van der Waals surface area contributed by atoms with Gasteiger partial charge in [0.25, 0.3) is 0 Å². The van der Waals surface area contributed by atoms with Gasteiger partial charge in [-0.15, -0.1) is 24.2 Å². The van der Waals surface area contributed by atoms with Crippen LogP contribution in [-0.4, -0.2) is 4.98 Å². The second-order valence-electron chi connectivity index (χ2n) is 3.41. The molecule has 1 aromatic heterocycles. The van der Waals surface area contributed by atoms with E-state index in [1.807, 2.05) is 37.0 Å². The fourth-order valence-corrected chi connectivity index (χ4v) is 2.10. The largest absolute Gasteiger partial charge is 0.260 e. The number of hydrogen-bond donors (Lipinski definition) is 0. The molecule has 0 fully saturated rings. The molecule has 1 nitrogen and oxygen atoms in total. The molecule has 0 aliphatic heterocycles. The van der Waals surface area contributed by atoms with Crippen LogP contribution in [0.5, 0.6) is 0 Å². The molecule has 0 saturated heterocycles. The van der Waals surface area contributed by atoms with Crippen molar-refractivity contribution in [3.05, 3.63) is 59.9 Å². The van der Waals surface area contributed by atoms with Crippen molar-refractivity contribution in [1.29, 1.82) is 0 Å². The number of aromatic nitrogens is 1. The number of aryl methyl sites for hydroxylation is 1. The summed E-state index contributed by atoms with van der Waals surface area (Å²) in [5.41, 5.74) is 2.42. The van der Waals surface area contributed by atoms with Gasteiger partial charge in [-0.3, -0.25) is 4.98 Å². The highest BCUT2D eigenvalue weighted by Gasteiger charge is 1.95.